The molecule has 1 fully saturated rings. The van der Waals surface area contributed by atoms with Gasteiger partial charge in [0.2, 0.25) is 0 Å². The van der Waals surface area contributed by atoms with Crippen molar-refractivity contribution < 1.29 is 19.0 Å². The van der Waals surface area contributed by atoms with E-state index in [1.807, 2.05) is 6.07 Å². The lowest BCUT2D eigenvalue weighted by atomic mass is 9.86. The van der Waals surface area contributed by atoms with Crippen molar-refractivity contribution in [1.29, 1.82) is 5.26 Å². The Morgan fingerprint density at radius 1 is 1.57 bits per heavy atom. The molecular weight excluding hydrogens is 273 g/mol. The van der Waals surface area contributed by atoms with Gasteiger partial charge >= 0.3 is 5.97 Å². The van der Waals surface area contributed by atoms with Crippen molar-refractivity contribution in [2.45, 2.75) is 25.1 Å². The molecule has 1 aromatic carbocycles. The van der Waals surface area contributed by atoms with Crippen LogP contribution in [0, 0.1) is 28.6 Å². The number of benzene rings is 1. The van der Waals surface area contributed by atoms with E-state index in [-0.39, 0.29) is 12.0 Å². The number of rotatable bonds is 3. The number of carboxylic acid groups (broad SMARTS) is 1. The lowest BCUT2D eigenvalue weighted by Crippen LogP contribution is -2.38. The second kappa shape index (κ2) is 5.20. The molecule has 3 atom stereocenters. The quantitative estimate of drug-likeness (QED) is 0.867. The van der Waals surface area contributed by atoms with Crippen molar-refractivity contribution in [3.8, 4) is 17.9 Å². The maximum Gasteiger partial charge on any atom is 0.336 e. The van der Waals surface area contributed by atoms with E-state index < -0.39 is 23.2 Å². The van der Waals surface area contributed by atoms with Gasteiger partial charge in [-0.15, -0.1) is 0 Å². The zero-order valence-electron chi connectivity index (χ0n) is 11.7. The van der Waals surface area contributed by atoms with Crippen molar-refractivity contribution >= 4 is 5.97 Å². The maximum absolute atomic E-state index is 13.6. The molecule has 0 heterocycles. The van der Waals surface area contributed by atoms with Gasteiger partial charge in [-0.3, -0.25) is 0 Å². The highest BCUT2D eigenvalue weighted by Gasteiger charge is 2.67. The number of methoxy groups -OCH3 is 1. The first-order valence-corrected chi connectivity index (χ1v) is 6.36. The molecule has 0 aliphatic heterocycles. The van der Waals surface area contributed by atoms with Gasteiger partial charge in [0.25, 0.3) is 0 Å². The molecule has 0 amide bonds. The van der Waals surface area contributed by atoms with Crippen LogP contribution in [0.1, 0.15) is 29.3 Å². The molecule has 1 aliphatic rings. The summed E-state index contributed by atoms with van der Waals surface area (Å²) in [6.07, 6.45) is -1.21. The number of nitriles is 1. The average molecular weight is 287 g/mol. The van der Waals surface area contributed by atoms with E-state index in [4.69, 9.17) is 9.84 Å². The fourth-order valence-corrected chi connectivity index (χ4v) is 2.25. The van der Waals surface area contributed by atoms with E-state index in [0.717, 1.165) is 0 Å². The first-order valence-electron chi connectivity index (χ1n) is 6.36. The maximum atomic E-state index is 13.6. The van der Waals surface area contributed by atoms with E-state index in [1.54, 1.807) is 25.1 Å². The Hall–Kier alpha value is -2.37. The summed E-state index contributed by atoms with van der Waals surface area (Å²) >= 11 is 0. The number of hydrogen-bond acceptors (Lipinski definition) is 3. The van der Waals surface area contributed by atoms with Gasteiger partial charge in [0.15, 0.2) is 0 Å². The van der Waals surface area contributed by atoms with Crippen molar-refractivity contribution in [2.24, 2.45) is 5.41 Å². The largest absolute Gasteiger partial charge is 0.478 e. The second-order valence-corrected chi connectivity index (χ2v) is 5.09. The summed E-state index contributed by atoms with van der Waals surface area (Å²) in [6.45, 7) is 1.55. The van der Waals surface area contributed by atoms with Gasteiger partial charge in [0.1, 0.15) is 17.2 Å². The number of hydrogen-bond donors (Lipinski definition) is 1. The molecule has 108 valence electrons. The molecule has 0 bridgehead atoms. The van der Waals surface area contributed by atoms with Gasteiger partial charge in [0.05, 0.1) is 11.6 Å². The SMILES string of the molecule is CO[C@](C)(C#Cc1ccccc1C(=O)O)[C@]1(C#N)C[C@@H]1F. The zero-order chi connectivity index (χ0) is 15.7. The predicted molar refractivity (Wildman–Crippen MR) is 73.3 cm³/mol. The van der Waals surface area contributed by atoms with Crippen LogP contribution in [0.15, 0.2) is 24.3 Å². The summed E-state index contributed by atoms with van der Waals surface area (Å²) in [6, 6.07) is 8.20. The number of ether oxygens (including phenoxy) is 1. The van der Waals surface area contributed by atoms with E-state index in [1.165, 1.54) is 13.2 Å². The minimum absolute atomic E-state index is 0.0575. The summed E-state index contributed by atoms with van der Waals surface area (Å²) in [5.74, 6) is 4.36. The van der Waals surface area contributed by atoms with Crippen LogP contribution in [0.25, 0.3) is 0 Å². The van der Waals surface area contributed by atoms with E-state index >= 15 is 0 Å². The first-order chi connectivity index (χ1) is 9.90. The molecule has 1 aromatic rings. The van der Waals surface area contributed by atoms with Crippen LogP contribution in [0.2, 0.25) is 0 Å². The molecule has 1 aliphatic carbocycles. The molecule has 4 nitrogen and oxygen atoms in total. The lowest BCUT2D eigenvalue weighted by Gasteiger charge is -2.26. The molecule has 5 heteroatoms. The molecule has 0 radical (unpaired) electrons. The summed E-state index contributed by atoms with van der Waals surface area (Å²) in [5, 5.41) is 18.3. The van der Waals surface area contributed by atoms with Crippen LogP contribution < -0.4 is 0 Å². The molecule has 2 rings (SSSR count). The molecular formula is C16H14FNO3. The predicted octanol–water partition coefficient (Wildman–Crippen LogP) is 2.39. The highest BCUT2D eigenvalue weighted by molar-refractivity contribution is 5.90. The molecule has 0 spiro atoms. The molecule has 21 heavy (non-hydrogen) atoms. The van der Waals surface area contributed by atoms with Gasteiger partial charge in [-0.25, -0.2) is 9.18 Å². The van der Waals surface area contributed by atoms with Crippen LogP contribution in [-0.2, 0) is 4.74 Å². The summed E-state index contributed by atoms with van der Waals surface area (Å²) in [5.41, 5.74) is -2.21. The number of aromatic carboxylic acids is 1. The van der Waals surface area contributed by atoms with Gasteiger partial charge in [-0.2, -0.15) is 5.26 Å². The Labute approximate surface area is 122 Å². The minimum Gasteiger partial charge on any atom is -0.478 e. The molecule has 1 saturated carbocycles. The molecule has 0 aromatic heterocycles. The normalized spacial score (nSPS) is 25.9. The third kappa shape index (κ3) is 2.37. The monoisotopic (exact) mass is 287 g/mol. The lowest BCUT2D eigenvalue weighted by molar-refractivity contribution is 0.00611. The Bertz CT molecular complexity index is 685. The zero-order valence-corrected chi connectivity index (χ0v) is 11.7. The van der Waals surface area contributed by atoms with E-state index in [2.05, 4.69) is 11.8 Å². The van der Waals surface area contributed by atoms with Gasteiger partial charge in [-0.05, 0) is 19.1 Å². The fraction of sp³-hybridized carbons (Fsp3) is 0.375. The molecule has 0 saturated heterocycles. The minimum atomic E-state index is -1.28. The van der Waals surface area contributed by atoms with Crippen LogP contribution in [0.5, 0.6) is 0 Å². The Morgan fingerprint density at radius 2 is 2.19 bits per heavy atom. The van der Waals surface area contributed by atoms with Gasteiger partial charge in [0, 0.05) is 19.1 Å². The van der Waals surface area contributed by atoms with Crippen molar-refractivity contribution in [2.75, 3.05) is 7.11 Å². The number of halogens is 1. The molecule has 0 unspecified atom stereocenters. The number of carbonyl (C=O) groups is 1. The summed E-state index contributed by atoms with van der Waals surface area (Å²) in [4.78, 5) is 11.1. The highest BCUT2D eigenvalue weighted by Crippen LogP contribution is 2.56. The third-order valence-corrected chi connectivity index (χ3v) is 3.93. The van der Waals surface area contributed by atoms with Crippen LogP contribution >= 0.6 is 0 Å². The second-order valence-electron chi connectivity index (χ2n) is 5.09. The average Bonchev–Trinajstić information content (AvgIpc) is 3.17. The van der Waals surface area contributed by atoms with Gasteiger partial charge < -0.3 is 9.84 Å². The summed E-state index contributed by atoms with van der Waals surface area (Å²) in [7, 11) is 1.36. The van der Waals surface area contributed by atoms with E-state index in [0.29, 0.717) is 5.56 Å². The van der Waals surface area contributed by atoms with Crippen LogP contribution in [0.3, 0.4) is 0 Å². The smallest absolute Gasteiger partial charge is 0.336 e. The van der Waals surface area contributed by atoms with Crippen molar-refractivity contribution in [3.63, 3.8) is 0 Å². The van der Waals surface area contributed by atoms with Crippen LogP contribution in [-0.4, -0.2) is 30.0 Å². The van der Waals surface area contributed by atoms with Gasteiger partial charge in [-0.1, -0.05) is 24.0 Å². The van der Waals surface area contributed by atoms with E-state index in [9.17, 15) is 14.4 Å². The Kier molecular flexibility index (Phi) is 3.72. The number of alkyl halides is 1. The Balaban J connectivity index is 2.43. The third-order valence-electron chi connectivity index (χ3n) is 3.93. The standard InChI is InChI=1S/C16H14FNO3/c1-15(21-2,16(10-18)9-13(16)17)8-7-11-5-3-4-6-12(11)14(19)20/h3-6,13H,9H2,1-2H3,(H,19,20)/t13-,15+,16-/m0/s1. The summed E-state index contributed by atoms with van der Waals surface area (Å²) < 4.78 is 18.8. The number of carboxylic acids is 1. The Morgan fingerprint density at radius 3 is 2.67 bits per heavy atom. The topological polar surface area (TPSA) is 70.3 Å². The fourth-order valence-electron chi connectivity index (χ4n) is 2.25. The highest BCUT2D eigenvalue weighted by atomic mass is 19.1. The van der Waals surface area contributed by atoms with Crippen molar-refractivity contribution in [1.82, 2.24) is 0 Å². The number of nitrogens with zero attached hydrogens (tertiary/aromatic N) is 1. The molecule has 1 N–H and O–H groups in total. The van der Waals surface area contributed by atoms with Crippen LogP contribution in [0.4, 0.5) is 4.39 Å². The van der Waals surface area contributed by atoms with Crippen molar-refractivity contribution in [3.05, 3.63) is 35.4 Å². The first kappa shape index (κ1) is 15.0.